The SMILES string of the molecule is CCn1c(SCC(=O)c2c(C)n(C)c3ccccc23)nc(=O)c2c(C(=O)OC)cc(C3CC3)nc21. The van der Waals surface area contributed by atoms with Crippen LogP contribution in [0, 0.1) is 6.92 Å². The monoisotopic (exact) mass is 490 g/mol. The second-order valence-electron chi connectivity index (χ2n) is 8.75. The molecule has 3 heterocycles. The molecule has 0 amide bonds. The van der Waals surface area contributed by atoms with E-state index >= 15 is 0 Å². The van der Waals surface area contributed by atoms with Gasteiger partial charge < -0.3 is 13.9 Å². The summed E-state index contributed by atoms with van der Waals surface area (Å²) in [5.74, 6) is -0.207. The number of hydrogen-bond acceptors (Lipinski definition) is 7. The van der Waals surface area contributed by atoms with Gasteiger partial charge in [-0.2, -0.15) is 4.98 Å². The van der Waals surface area contributed by atoms with Gasteiger partial charge in [0.1, 0.15) is 5.65 Å². The fraction of sp³-hybridized carbons (Fsp3) is 0.346. The van der Waals surface area contributed by atoms with Gasteiger partial charge in [-0.1, -0.05) is 30.0 Å². The summed E-state index contributed by atoms with van der Waals surface area (Å²) in [7, 11) is 3.24. The van der Waals surface area contributed by atoms with Crippen LogP contribution < -0.4 is 5.56 Å². The largest absolute Gasteiger partial charge is 0.465 e. The third-order valence-corrected chi connectivity index (χ3v) is 7.62. The van der Waals surface area contributed by atoms with E-state index in [1.165, 1.54) is 18.9 Å². The van der Waals surface area contributed by atoms with Gasteiger partial charge in [-0.3, -0.25) is 9.59 Å². The Bertz CT molecular complexity index is 1570. The van der Waals surface area contributed by atoms with Crippen molar-refractivity contribution in [1.82, 2.24) is 19.1 Å². The molecule has 0 spiro atoms. The molecule has 9 heteroatoms. The molecule has 3 aromatic heterocycles. The van der Waals surface area contributed by atoms with Crippen molar-refractivity contribution in [2.75, 3.05) is 12.9 Å². The predicted molar refractivity (Wildman–Crippen MR) is 135 cm³/mol. The highest BCUT2D eigenvalue weighted by atomic mass is 32.2. The molecule has 0 radical (unpaired) electrons. The first kappa shape index (κ1) is 23.3. The van der Waals surface area contributed by atoms with Crippen LogP contribution in [0.3, 0.4) is 0 Å². The second kappa shape index (κ2) is 8.96. The van der Waals surface area contributed by atoms with E-state index in [0.29, 0.717) is 22.9 Å². The summed E-state index contributed by atoms with van der Waals surface area (Å²) in [5, 5.41) is 1.48. The van der Waals surface area contributed by atoms with Gasteiger partial charge in [-0.25, -0.2) is 9.78 Å². The zero-order valence-corrected chi connectivity index (χ0v) is 20.9. The molecule has 180 valence electrons. The number of thioether (sulfide) groups is 1. The third-order valence-electron chi connectivity index (χ3n) is 6.65. The zero-order chi connectivity index (χ0) is 24.9. The molecule has 0 bridgehead atoms. The Morgan fingerprint density at radius 3 is 2.63 bits per heavy atom. The van der Waals surface area contributed by atoms with Crippen molar-refractivity contribution in [3.8, 4) is 0 Å². The van der Waals surface area contributed by atoms with Crippen molar-refractivity contribution < 1.29 is 14.3 Å². The van der Waals surface area contributed by atoms with Gasteiger partial charge in [0.2, 0.25) is 0 Å². The summed E-state index contributed by atoms with van der Waals surface area (Å²) < 4.78 is 8.76. The normalized spacial score (nSPS) is 13.5. The summed E-state index contributed by atoms with van der Waals surface area (Å²) in [6.07, 6.45) is 2.00. The number of pyridine rings is 1. The van der Waals surface area contributed by atoms with Crippen molar-refractivity contribution in [3.05, 3.63) is 63.2 Å². The fourth-order valence-corrected chi connectivity index (χ4v) is 5.50. The number of ether oxygens (including phenoxy) is 1. The van der Waals surface area contributed by atoms with Gasteiger partial charge in [-0.05, 0) is 38.8 Å². The minimum atomic E-state index is -0.581. The Morgan fingerprint density at radius 1 is 1.20 bits per heavy atom. The molecule has 35 heavy (non-hydrogen) atoms. The topological polar surface area (TPSA) is 96.1 Å². The first-order chi connectivity index (χ1) is 16.8. The molecule has 0 saturated heterocycles. The molecule has 0 aliphatic heterocycles. The number of carbonyl (C=O) groups is 2. The Balaban J connectivity index is 1.57. The maximum Gasteiger partial charge on any atom is 0.338 e. The summed E-state index contributed by atoms with van der Waals surface area (Å²) >= 11 is 1.22. The van der Waals surface area contributed by atoms with Crippen LogP contribution in [-0.4, -0.2) is 43.7 Å². The molecule has 1 aliphatic carbocycles. The Hall–Kier alpha value is -3.46. The maximum absolute atomic E-state index is 13.3. The lowest BCUT2D eigenvalue weighted by atomic mass is 10.1. The lowest BCUT2D eigenvalue weighted by Crippen LogP contribution is -2.21. The molecule has 8 nitrogen and oxygen atoms in total. The smallest absolute Gasteiger partial charge is 0.338 e. The van der Waals surface area contributed by atoms with Crippen LogP contribution in [0.25, 0.3) is 21.9 Å². The average molecular weight is 491 g/mol. The fourth-order valence-electron chi connectivity index (χ4n) is 4.58. The van der Waals surface area contributed by atoms with Gasteiger partial charge >= 0.3 is 5.97 Å². The van der Waals surface area contributed by atoms with E-state index in [1.807, 2.05) is 54.3 Å². The van der Waals surface area contributed by atoms with E-state index < -0.39 is 11.5 Å². The predicted octanol–water partition coefficient (Wildman–Crippen LogP) is 4.25. The summed E-state index contributed by atoms with van der Waals surface area (Å²) in [6, 6.07) is 9.49. The quantitative estimate of drug-likeness (QED) is 0.165. The van der Waals surface area contributed by atoms with Crippen LogP contribution >= 0.6 is 11.8 Å². The number of nitrogens with zero attached hydrogens (tertiary/aromatic N) is 4. The number of rotatable bonds is 7. The molecule has 0 unspecified atom stereocenters. The van der Waals surface area contributed by atoms with Crippen molar-refractivity contribution in [3.63, 3.8) is 0 Å². The zero-order valence-electron chi connectivity index (χ0n) is 20.1. The standard InChI is InChI=1S/C26H26N4O4S/c1-5-30-23-22(17(25(33)34-4)12-18(27-23)15-10-11-15)24(32)28-26(30)35-13-20(31)21-14(2)29(3)19-9-7-6-8-16(19)21/h6-9,12,15H,5,10-11,13H2,1-4H3. The van der Waals surface area contributed by atoms with Crippen LogP contribution in [0.5, 0.6) is 0 Å². The van der Waals surface area contributed by atoms with Crippen molar-refractivity contribution in [2.24, 2.45) is 7.05 Å². The molecule has 1 aromatic carbocycles. The van der Waals surface area contributed by atoms with Crippen LogP contribution in [0.4, 0.5) is 0 Å². The Labute approximate surface area is 206 Å². The van der Waals surface area contributed by atoms with Crippen molar-refractivity contribution in [1.29, 1.82) is 0 Å². The molecule has 1 saturated carbocycles. The summed E-state index contributed by atoms with van der Waals surface area (Å²) in [5.41, 5.74) is 3.42. The van der Waals surface area contributed by atoms with E-state index in [1.54, 1.807) is 6.07 Å². The van der Waals surface area contributed by atoms with Gasteiger partial charge in [0, 0.05) is 47.4 Å². The third kappa shape index (κ3) is 3.93. The molecule has 1 fully saturated rings. The highest BCUT2D eigenvalue weighted by Gasteiger charge is 2.29. The van der Waals surface area contributed by atoms with Crippen LogP contribution in [-0.2, 0) is 18.3 Å². The van der Waals surface area contributed by atoms with E-state index in [9.17, 15) is 14.4 Å². The highest BCUT2D eigenvalue weighted by molar-refractivity contribution is 7.99. The van der Waals surface area contributed by atoms with E-state index in [-0.39, 0.29) is 28.4 Å². The van der Waals surface area contributed by atoms with Crippen LogP contribution in [0.1, 0.15) is 57.8 Å². The summed E-state index contributed by atoms with van der Waals surface area (Å²) in [6.45, 7) is 4.34. The number of hydrogen-bond donors (Lipinski definition) is 0. The molecule has 1 aliphatic rings. The molecule has 5 rings (SSSR count). The first-order valence-corrected chi connectivity index (χ1v) is 12.6. The summed E-state index contributed by atoms with van der Waals surface area (Å²) in [4.78, 5) is 47.9. The number of aromatic nitrogens is 4. The molecule has 0 atom stereocenters. The number of ketones is 1. The van der Waals surface area contributed by atoms with Crippen molar-refractivity contribution >= 4 is 45.5 Å². The highest BCUT2D eigenvalue weighted by Crippen LogP contribution is 2.40. The van der Waals surface area contributed by atoms with Gasteiger partial charge in [-0.15, -0.1) is 0 Å². The van der Waals surface area contributed by atoms with Crippen LogP contribution in [0.2, 0.25) is 0 Å². The molecule has 4 aromatic rings. The average Bonchev–Trinajstić information content (AvgIpc) is 3.68. The maximum atomic E-state index is 13.3. The first-order valence-electron chi connectivity index (χ1n) is 11.6. The number of fused-ring (bicyclic) bond motifs is 2. The number of Topliss-reactive ketones (excluding diaryl/α,β-unsaturated/α-hetero) is 1. The number of carbonyl (C=O) groups excluding carboxylic acids is 2. The van der Waals surface area contributed by atoms with E-state index in [2.05, 4.69) is 4.98 Å². The lowest BCUT2D eigenvalue weighted by molar-refractivity contribution is 0.0602. The van der Waals surface area contributed by atoms with Gasteiger partial charge in [0.15, 0.2) is 10.9 Å². The number of aryl methyl sites for hydroxylation is 2. The molecular weight excluding hydrogens is 464 g/mol. The van der Waals surface area contributed by atoms with Crippen LogP contribution in [0.15, 0.2) is 40.3 Å². The number of para-hydroxylation sites is 1. The van der Waals surface area contributed by atoms with Crippen molar-refractivity contribution in [2.45, 2.75) is 44.3 Å². The number of methoxy groups -OCH3 is 1. The number of benzene rings is 1. The lowest BCUT2D eigenvalue weighted by Gasteiger charge is -2.15. The number of esters is 1. The van der Waals surface area contributed by atoms with E-state index in [0.717, 1.165) is 35.1 Å². The Morgan fingerprint density at radius 2 is 1.94 bits per heavy atom. The van der Waals surface area contributed by atoms with Gasteiger partial charge in [0.05, 0.1) is 23.8 Å². The van der Waals surface area contributed by atoms with E-state index in [4.69, 9.17) is 9.72 Å². The molecule has 0 N–H and O–H groups in total. The van der Waals surface area contributed by atoms with Gasteiger partial charge in [0.25, 0.3) is 5.56 Å². The Kier molecular flexibility index (Phi) is 5.96. The second-order valence-corrected chi connectivity index (χ2v) is 9.69. The molecular formula is C26H26N4O4S. The minimum absolute atomic E-state index is 0.0313. The minimum Gasteiger partial charge on any atom is -0.465 e.